The van der Waals surface area contributed by atoms with E-state index >= 15 is 0 Å². The summed E-state index contributed by atoms with van der Waals surface area (Å²) >= 11 is 0.429. The van der Waals surface area contributed by atoms with Crippen molar-refractivity contribution in [2.24, 2.45) is 0 Å². The summed E-state index contributed by atoms with van der Waals surface area (Å²) in [7, 11) is 0. The predicted octanol–water partition coefficient (Wildman–Crippen LogP) is 4.99. The number of thioether (sulfide) groups is 1. The topological polar surface area (TPSA) is 17.8 Å². The maximum absolute atomic E-state index is 13.9. The molecule has 1 aromatic carbocycles. The molecule has 0 aliphatic heterocycles. The third kappa shape index (κ3) is 4.40. The SMILES string of the molecule is Cc1cc(F)c(-n2ccc(C(F)(F)F)n2)cc1SCC(F)(F)F. The maximum atomic E-state index is 13.9. The molecular weight excluding hydrogens is 349 g/mol. The van der Waals surface area contributed by atoms with Gasteiger partial charge in [0.1, 0.15) is 11.5 Å². The Kier molecular flexibility index (Phi) is 4.65. The average Bonchev–Trinajstić information content (AvgIpc) is 2.85. The van der Waals surface area contributed by atoms with Crippen molar-refractivity contribution in [2.45, 2.75) is 24.2 Å². The molecule has 23 heavy (non-hydrogen) atoms. The summed E-state index contributed by atoms with van der Waals surface area (Å²) in [5.74, 6) is -2.07. The molecule has 126 valence electrons. The molecule has 0 bridgehead atoms. The fraction of sp³-hybridized carbons (Fsp3) is 0.308. The smallest absolute Gasteiger partial charge is 0.237 e. The average molecular weight is 358 g/mol. The molecule has 1 heterocycles. The molecule has 0 atom stereocenters. The van der Waals surface area contributed by atoms with Gasteiger partial charge < -0.3 is 0 Å². The number of nitrogens with zero attached hydrogens (tertiary/aromatic N) is 2. The lowest BCUT2D eigenvalue weighted by molar-refractivity contribution is -0.141. The van der Waals surface area contributed by atoms with Crippen molar-refractivity contribution < 1.29 is 30.7 Å². The molecule has 0 saturated carbocycles. The van der Waals surface area contributed by atoms with Gasteiger partial charge in [0.25, 0.3) is 0 Å². The molecule has 1 aromatic heterocycles. The predicted molar refractivity (Wildman–Crippen MR) is 70.0 cm³/mol. The van der Waals surface area contributed by atoms with Crippen LogP contribution in [-0.2, 0) is 6.18 Å². The first-order valence-electron chi connectivity index (χ1n) is 6.10. The van der Waals surface area contributed by atoms with Crippen LogP contribution in [0, 0.1) is 12.7 Å². The summed E-state index contributed by atoms with van der Waals surface area (Å²) in [6.45, 7) is 1.41. The van der Waals surface area contributed by atoms with Crippen molar-refractivity contribution in [3.05, 3.63) is 41.5 Å². The van der Waals surface area contributed by atoms with E-state index in [9.17, 15) is 30.7 Å². The Hall–Kier alpha value is -1.71. The van der Waals surface area contributed by atoms with E-state index < -0.39 is 29.6 Å². The Bertz CT molecular complexity index is 703. The lowest BCUT2D eigenvalue weighted by Crippen LogP contribution is -2.11. The number of benzene rings is 1. The van der Waals surface area contributed by atoms with Crippen LogP contribution in [0.3, 0.4) is 0 Å². The van der Waals surface area contributed by atoms with Gasteiger partial charge in [-0.25, -0.2) is 9.07 Å². The summed E-state index contributed by atoms with van der Waals surface area (Å²) in [5.41, 5.74) is -1.32. The Morgan fingerprint density at radius 3 is 2.30 bits per heavy atom. The lowest BCUT2D eigenvalue weighted by atomic mass is 10.2. The van der Waals surface area contributed by atoms with Crippen LogP contribution in [0.4, 0.5) is 30.7 Å². The first-order chi connectivity index (χ1) is 10.5. The molecule has 0 unspecified atom stereocenters. The zero-order valence-corrected chi connectivity index (χ0v) is 12.3. The molecule has 0 aliphatic carbocycles. The fourth-order valence-electron chi connectivity index (χ4n) is 1.74. The van der Waals surface area contributed by atoms with Crippen LogP contribution in [-0.4, -0.2) is 21.7 Å². The number of hydrogen-bond acceptors (Lipinski definition) is 2. The molecular formula is C13H9F7N2S. The normalized spacial score (nSPS) is 12.7. The highest BCUT2D eigenvalue weighted by Crippen LogP contribution is 2.33. The van der Waals surface area contributed by atoms with E-state index in [1.165, 1.54) is 6.92 Å². The van der Waals surface area contributed by atoms with Gasteiger partial charge in [0.2, 0.25) is 0 Å². The standard InChI is InChI=1S/C13H9F7N2S/c1-7-4-8(14)9(5-10(7)23-6-12(15,16)17)22-3-2-11(21-22)13(18,19)20/h2-5H,6H2,1H3. The highest BCUT2D eigenvalue weighted by atomic mass is 32.2. The van der Waals surface area contributed by atoms with Crippen LogP contribution in [0.25, 0.3) is 5.69 Å². The van der Waals surface area contributed by atoms with Gasteiger partial charge in [-0.2, -0.15) is 31.4 Å². The number of alkyl halides is 6. The second kappa shape index (κ2) is 6.06. The fourth-order valence-corrected chi connectivity index (χ4v) is 2.54. The number of aryl methyl sites for hydroxylation is 1. The number of rotatable bonds is 3. The van der Waals surface area contributed by atoms with Crippen molar-refractivity contribution >= 4 is 11.8 Å². The van der Waals surface area contributed by atoms with E-state index in [0.717, 1.165) is 18.3 Å². The van der Waals surface area contributed by atoms with Crippen LogP contribution in [0.2, 0.25) is 0 Å². The Labute approximate surface area is 130 Å². The molecule has 0 aliphatic rings. The minimum atomic E-state index is -4.69. The molecule has 2 aromatic rings. The zero-order valence-electron chi connectivity index (χ0n) is 11.5. The molecule has 0 N–H and O–H groups in total. The molecule has 0 fully saturated rings. The largest absolute Gasteiger partial charge is 0.435 e. The van der Waals surface area contributed by atoms with Crippen LogP contribution < -0.4 is 0 Å². The first kappa shape index (κ1) is 17.6. The van der Waals surface area contributed by atoms with Crippen molar-refractivity contribution in [1.29, 1.82) is 0 Å². The van der Waals surface area contributed by atoms with Gasteiger partial charge in [-0.15, -0.1) is 11.8 Å². The molecule has 2 rings (SSSR count). The Morgan fingerprint density at radius 2 is 1.78 bits per heavy atom. The minimum Gasteiger partial charge on any atom is -0.237 e. The third-order valence-corrected chi connectivity index (χ3v) is 3.98. The lowest BCUT2D eigenvalue weighted by Gasteiger charge is -2.11. The monoisotopic (exact) mass is 358 g/mol. The summed E-state index contributed by atoms with van der Waals surface area (Å²) < 4.78 is 88.9. The van der Waals surface area contributed by atoms with Crippen LogP contribution in [0.15, 0.2) is 29.3 Å². The van der Waals surface area contributed by atoms with E-state index in [1.54, 1.807) is 0 Å². The number of halogens is 7. The van der Waals surface area contributed by atoms with Crippen LogP contribution in [0.1, 0.15) is 11.3 Å². The van der Waals surface area contributed by atoms with Crippen molar-refractivity contribution in [3.63, 3.8) is 0 Å². The van der Waals surface area contributed by atoms with Gasteiger partial charge in [-0.05, 0) is 30.7 Å². The molecule has 0 amide bonds. The van der Waals surface area contributed by atoms with Gasteiger partial charge >= 0.3 is 12.4 Å². The van der Waals surface area contributed by atoms with E-state index in [0.29, 0.717) is 22.5 Å². The van der Waals surface area contributed by atoms with Gasteiger partial charge in [0.15, 0.2) is 5.69 Å². The maximum Gasteiger partial charge on any atom is 0.435 e. The molecule has 2 nitrogen and oxygen atoms in total. The first-order valence-corrected chi connectivity index (χ1v) is 7.09. The van der Waals surface area contributed by atoms with Gasteiger partial charge in [-0.3, -0.25) is 0 Å². The Balaban J connectivity index is 2.37. The second-order valence-electron chi connectivity index (χ2n) is 4.62. The van der Waals surface area contributed by atoms with E-state index in [1.807, 2.05) is 0 Å². The third-order valence-electron chi connectivity index (χ3n) is 2.76. The molecule has 0 spiro atoms. The van der Waals surface area contributed by atoms with Crippen LogP contribution in [0.5, 0.6) is 0 Å². The highest BCUT2D eigenvalue weighted by Gasteiger charge is 2.34. The Morgan fingerprint density at radius 1 is 1.13 bits per heavy atom. The summed E-state index contributed by atoms with van der Waals surface area (Å²) in [6.07, 6.45) is -8.21. The summed E-state index contributed by atoms with van der Waals surface area (Å²) in [5, 5.41) is 3.21. The quantitative estimate of drug-likeness (QED) is 0.568. The highest BCUT2D eigenvalue weighted by molar-refractivity contribution is 7.99. The van der Waals surface area contributed by atoms with Crippen molar-refractivity contribution in [3.8, 4) is 5.69 Å². The minimum absolute atomic E-state index is 0.114. The van der Waals surface area contributed by atoms with E-state index in [4.69, 9.17) is 0 Å². The zero-order chi connectivity index (χ0) is 17.4. The molecule has 0 saturated heterocycles. The van der Waals surface area contributed by atoms with Crippen molar-refractivity contribution in [1.82, 2.24) is 9.78 Å². The summed E-state index contributed by atoms with van der Waals surface area (Å²) in [4.78, 5) is 0.114. The van der Waals surface area contributed by atoms with E-state index in [-0.39, 0.29) is 16.1 Å². The molecule has 10 heteroatoms. The number of hydrogen-bond donors (Lipinski definition) is 0. The molecule has 0 radical (unpaired) electrons. The summed E-state index contributed by atoms with van der Waals surface area (Å²) in [6, 6.07) is 2.67. The van der Waals surface area contributed by atoms with Gasteiger partial charge in [-0.1, -0.05) is 0 Å². The van der Waals surface area contributed by atoms with E-state index in [2.05, 4.69) is 5.10 Å². The number of aromatic nitrogens is 2. The van der Waals surface area contributed by atoms with Gasteiger partial charge in [0, 0.05) is 11.1 Å². The van der Waals surface area contributed by atoms with Crippen molar-refractivity contribution in [2.75, 3.05) is 5.75 Å². The van der Waals surface area contributed by atoms with Crippen LogP contribution >= 0.6 is 11.8 Å². The van der Waals surface area contributed by atoms with Gasteiger partial charge in [0.05, 0.1) is 5.75 Å². The second-order valence-corrected chi connectivity index (χ2v) is 5.63.